The minimum atomic E-state index is -3.59. The van der Waals surface area contributed by atoms with Crippen LogP contribution in [-0.4, -0.2) is 49.3 Å². The number of hydrogen-bond acceptors (Lipinski definition) is 5. The third kappa shape index (κ3) is 4.05. The van der Waals surface area contributed by atoms with Crippen LogP contribution in [0.15, 0.2) is 29.2 Å². The molecule has 1 fully saturated rings. The second-order valence-corrected chi connectivity index (χ2v) is 9.00. The lowest BCUT2D eigenvalue weighted by Crippen LogP contribution is -2.36. The number of carbonyl (C=O) groups excluding carboxylic acids is 2. The average Bonchev–Trinajstić information content (AvgIpc) is 2.96. The molecule has 1 atom stereocenters. The molecule has 2 N–H and O–H groups in total. The van der Waals surface area contributed by atoms with E-state index in [1.165, 1.54) is 29.2 Å². The number of rotatable bonds is 3. The third-order valence-electron chi connectivity index (χ3n) is 3.70. The normalized spacial score (nSPS) is 18.5. The molecule has 1 aliphatic rings. The van der Waals surface area contributed by atoms with E-state index < -0.39 is 32.7 Å². The smallest absolute Gasteiger partial charge is 0.410 e. The summed E-state index contributed by atoms with van der Waals surface area (Å²) in [5, 5.41) is -0.690. The number of primary amides is 1. The standard InChI is InChI=1S/C16H22N2O5S/c1-16(2,3)23-15(20)18-9-8-13(10-18)24(21,22)12-6-4-11(5-7-12)14(17)19/h4-7,13H,8-10H2,1-3H3,(H2,17,19)/t13-/m0/s1. The first-order chi connectivity index (χ1) is 11.0. The molecule has 132 valence electrons. The second kappa shape index (κ2) is 6.43. The SMILES string of the molecule is CC(C)(C)OC(=O)N1CC[C@H](S(=O)(=O)c2ccc(C(N)=O)cc2)C1. The molecule has 1 aliphatic heterocycles. The zero-order valence-corrected chi connectivity index (χ0v) is 14.8. The first-order valence-corrected chi connectivity index (χ1v) is 9.17. The molecule has 24 heavy (non-hydrogen) atoms. The van der Waals surface area contributed by atoms with Gasteiger partial charge in [-0.25, -0.2) is 13.2 Å². The number of ether oxygens (including phenoxy) is 1. The summed E-state index contributed by atoms with van der Waals surface area (Å²) in [5.41, 5.74) is 4.77. The van der Waals surface area contributed by atoms with Crippen LogP contribution in [0.2, 0.25) is 0 Å². The van der Waals surface area contributed by atoms with Crippen molar-refractivity contribution in [3.8, 4) is 0 Å². The molecule has 1 saturated heterocycles. The highest BCUT2D eigenvalue weighted by molar-refractivity contribution is 7.92. The van der Waals surface area contributed by atoms with Crippen LogP contribution >= 0.6 is 0 Å². The molecule has 8 heteroatoms. The maximum Gasteiger partial charge on any atom is 0.410 e. The summed E-state index contributed by atoms with van der Waals surface area (Å²) in [4.78, 5) is 24.6. The van der Waals surface area contributed by atoms with Crippen LogP contribution in [0.25, 0.3) is 0 Å². The molecule has 7 nitrogen and oxygen atoms in total. The van der Waals surface area contributed by atoms with Crippen LogP contribution < -0.4 is 5.73 Å². The van der Waals surface area contributed by atoms with Crippen molar-refractivity contribution in [3.63, 3.8) is 0 Å². The van der Waals surface area contributed by atoms with Gasteiger partial charge in [0.15, 0.2) is 9.84 Å². The molecule has 0 aliphatic carbocycles. The largest absolute Gasteiger partial charge is 0.444 e. The first kappa shape index (κ1) is 18.3. The van der Waals surface area contributed by atoms with Gasteiger partial charge in [0, 0.05) is 18.7 Å². The van der Waals surface area contributed by atoms with E-state index in [4.69, 9.17) is 10.5 Å². The third-order valence-corrected chi connectivity index (χ3v) is 5.89. The van der Waals surface area contributed by atoms with E-state index in [-0.39, 0.29) is 17.0 Å². The van der Waals surface area contributed by atoms with Crippen molar-refractivity contribution in [1.29, 1.82) is 0 Å². The zero-order chi connectivity index (χ0) is 18.1. The average molecular weight is 354 g/mol. The fourth-order valence-corrected chi connectivity index (χ4v) is 4.17. The van der Waals surface area contributed by atoms with Gasteiger partial charge < -0.3 is 15.4 Å². The van der Waals surface area contributed by atoms with Gasteiger partial charge in [0.2, 0.25) is 5.91 Å². The van der Waals surface area contributed by atoms with E-state index in [0.29, 0.717) is 13.0 Å². The van der Waals surface area contributed by atoms with E-state index in [2.05, 4.69) is 0 Å². The Morgan fingerprint density at radius 2 is 1.79 bits per heavy atom. The van der Waals surface area contributed by atoms with Crippen molar-refractivity contribution in [3.05, 3.63) is 29.8 Å². The maximum atomic E-state index is 12.7. The van der Waals surface area contributed by atoms with Gasteiger partial charge in [0.1, 0.15) is 5.60 Å². The van der Waals surface area contributed by atoms with Crippen LogP contribution in [0.3, 0.4) is 0 Å². The quantitative estimate of drug-likeness (QED) is 0.886. The summed E-state index contributed by atoms with van der Waals surface area (Å²) in [6, 6.07) is 5.50. The van der Waals surface area contributed by atoms with Gasteiger partial charge in [-0.15, -0.1) is 0 Å². The number of carbonyl (C=O) groups is 2. The number of nitrogens with zero attached hydrogens (tertiary/aromatic N) is 1. The molecule has 2 rings (SSSR count). The van der Waals surface area contributed by atoms with Gasteiger partial charge in [-0.05, 0) is 51.5 Å². The second-order valence-electron chi connectivity index (χ2n) is 6.77. The number of hydrogen-bond donors (Lipinski definition) is 1. The summed E-state index contributed by atoms with van der Waals surface area (Å²) in [6.45, 7) is 5.70. The summed E-state index contributed by atoms with van der Waals surface area (Å²) < 4.78 is 30.6. The summed E-state index contributed by atoms with van der Waals surface area (Å²) in [6.07, 6.45) is -0.164. The Bertz CT molecular complexity index is 735. The molecule has 0 radical (unpaired) electrons. The summed E-state index contributed by atoms with van der Waals surface area (Å²) in [7, 11) is -3.59. The highest BCUT2D eigenvalue weighted by Crippen LogP contribution is 2.25. The zero-order valence-electron chi connectivity index (χ0n) is 14.0. The first-order valence-electron chi connectivity index (χ1n) is 7.62. The minimum Gasteiger partial charge on any atom is -0.444 e. The fourth-order valence-electron chi connectivity index (χ4n) is 2.48. The predicted molar refractivity (Wildman–Crippen MR) is 88.4 cm³/mol. The molecule has 1 aromatic rings. The Labute approximate surface area is 141 Å². The number of sulfone groups is 1. The summed E-state index contributed by atoms with van der Waals surface area (Å²) >= 11 is 0. The minimum absolute atomic E-state index is 0.0921. The lowest BCUT2D eigenvalue weighted by Gasteiger charge is -2.24. The van der Waals surface area contributed by atoms with Crippen molar-refractivity contribution >= 4 is 21.8 Å². The summed E-state index contributed by atoms with van der Waals surface area (Å²) in [5.74, 6) is -0.615. The molecule has 1 aromatic carbocycles. The van der Waals surface area contributed by atoms with E-state index in [9.17, 15) is 18.0 Å². The molecular formula is C16H22N2O5S. The van der Waals surface area contributed by atoms with Crippen LogP contribution in [0.5, 0.6) is 0 Å². The highest BCUT2D eigenvalue weighted by atomic mass is 32.2. The fraction of sp³-hybridized carbons (Fsp3) is 0.500. The van der Waals surface area contributed by atoms with E-state index in [0.717, 1.165) is 0 Å². The van der Waals surface area contributed by atoms with Crippen LogP contribution in [0.4, 0.5) is 4.79 Å². The lowest BCUT2D eigenvalue weighted by atomic mass is 10.2. The van der Waals surface area contributed by atoms with Crippen LogP contribution in [-0.2, 0) is 14.6 Å². The topological polar surface area (TPSA) is 107 Å². The lowest BCUT2D eigenvalue weighted by molar-refractivity contribution is 0.0295. The van der Waals surface area contributed by atoms with E-state index in [1.807, 2.05) is 0 Å². The van der Waals surface area contributed by atoms with Gasteiger partial charge in [-0.3, -0.25) is 4.79 Å². The molecule has 0 bridgehead atoms. The molecule has 1 heterocycles. The molecule has 2 amide bonds. The Morgan fingerprint density at radius 1 is 1.21 bits per heavy atom. The number of nitrogens with two attached hydrogens (primary N) is 1. The maximum absolute atomic E-state index is 12.7. The molecule has 0 spiro atoms. The highest BCUT2D eigenvalue weighted by Gasteiger charge is 2.37. The predicted octanol–water partition coefficient (Wildman–Crippen LogP) is 1.57. The van der Waals surface area contributed by atoms with Crippen LogP contribution in [0.1, 0.15) is 37.6 Å². The van der Waals surface area contributed by atoms with Crippen molar-refractivity contribution in [2.24, 2.45) is 5.73 Å². The molecule has 0 saturated carbocycles. The number of likely N-dealkylation sites (tertiary alicyclic amines) is 1. The van der Waals surface area contributed by atoms with Gasteiger partial charge in [0.05, 0.1) is 10.1 Å². The molecular weight excluding hydrogens is 332 g/mol. The van der Waals surface area contributed by atoms with Gasteiger partial charge in [0.25, 0.3) is 0 Å². The number of benzene rings is 1. The van der Waals surface area contributed by atoms with Crippen molar-refractivity contribution in [2.45, 2.75) is 42.9 Å². The van der Waals surface area contributed by atoms with E-state index >= 15 is 0 Å². The van der Waals surface area contributed by atoms with Gasteiger partial charge >= 0.3 is 6.09 Å². The Balaban J connectivity index is 2.11. The van der Waals surface area contributed by atoms with Crippen molar-refractivity contribution in [2.75, 3.05) is 13.1 Å². The van der Waals surface area contributed by atoms with Crippen molar-refractivity contribution in [1.82, 2.24) is 4.90 Å². The Kier molecular flexibility index (Phi) is 4.89. The Morgan fingerprint density at radius 3 is 2.29 bits per heavy atom. The number of amides is 2. The van der Waals surface area contributed by atoms with E-state index in [1.54, 1.807) is 20.8 Å². The van der Waals surface area contributed by atoms with Gasteiger partial charge in [-0.1, -0.05) is 0 Å². The molecule has 0 aromatic heterocycles. The molecule has 0 unspecified atom stereocenters. The Hall–Kier alpha value is -2.09. The van der Waals surface area contributed by atoms with Crippen molar-refractivity contribution < 1.29 is 22.7 Å². The van der Waals surface area contributed by atoms with Crippen LogP contribution in [0, 0.1) is 0 Å². The van der Waals surface area contributed by atoms with Gasteiger partial charge in [-0.2, -0.15) is 0 Å². The monoisotopic (exact) mass is 354 g/mol.